The zero-order valence-electron chi connectivity index (χ0n) is 26.5. The third-order valence-corrected chi connectivity index (χ3v) is 18.0. The van der Waals surface area contributed by atoms with E-state index >= 15 is 0 Å². The number of benzene rings is 1. The van der Waals surface area contributed by atoms with E-state index in [0.717, 1.165) is 49.6 Å². The van der Waals surface area contributed by atoms with Gasteiger partial charge in [-0.3, -0.25) is 4.90 Å². The standard InChI is InChI=1S/C34H53NO4Si/c1-29(2,3)31(7,36)24-19-32-14-15-34(24,37)28-33(32)16-17-35(20-21-10-11-21)25(32)18-22-12-13-23(27(38-28)26(22)33)39-40(8,9)30(4,5)6/h12-13,21,24-25,28,36-37H,10-11,14-20H2,1-9H3/t24-,25-,28-,31+,32-,33+,34-/m1/s1. The number of likely N-dealkylation sites (tertiary alicyclic amines) is 1. The summed E-state index contributed by atoms with van der Waals surface area (Å²) in [6.07, 6.45) is 7.03. The van der Waals surface area contributed by atoms with Crippen molar-refractivity contribution in [1.29, 1.82) is 0 Å². The van der Waals surface area contributed by atoms with Gasteiger partial charge in [-0.15, -0.1) is 0 Å². The van der Waals surface area contributed by atoms with Crippen LogP contribution in [0.2, 0.25) is 18.1 Å². The maximum atomic E-state index is 12.9. The van der Waals surface area contributed by atoms with Crippen LogP contribution in [0, 0.1) is 22.7 Å². The number of fused-ring (bicyclic) bond motifs is 2. The minimum Gasteiger partial charge on any atom is -0.541 e. The lowest BCUT2D eigenvalue weighted by molar-refractivity contribution is -0.305. The zero-order chi connectivity index (χ0) is 28.9. The van der Waals surface area contributed by atoms with E-state index < -0.39 is 19.5 Å². The highest BCUT2D eigenvalue weighted by atomic mass is 28.4. The molecule has 6 heteroatoms. The molecule has 2 spiro atoms. The van der Waals surface area contributed by atoms with E-state index in [1.807, 2.05) is 6.92 Å². The number of aliphatic hydroxyl groups is 2. The lowest BCUT2D eigenvalue weighted by Crippen LogP contribution is -2.82. The second-order valence-electron chi connectivity index (χ2n) is 17.5. The Bertz CT molecular complexity index is 1240. The summed E-state index contributed by atoms with van der Waals surface area (Å²) in [5, 5.41) is 25.2. The van der Waals surface area contributed by atoms with Gasteiger partial charge in [0.1, 0.15) is 17.5 Å². The molecule has 5 fully saturated rings. The van der Waals surface area contributed by atoms with Crippen LogP contribution in [0.4, 0.5) is 0 Å². The molecular formula is C34H53NO4Si. The maximum absolute atomic E-state index is 12.9. The highest BCUT2D eigenvalue weighted by Crippen LogP contribution is 2.77. The minimum atomic E-state index is -2.11. The fourth-order valence-electron chi connectivity index (χ4n) is 9.76. The molecule has 4 bridgehead atoms. The van der Waals surface area contributed by atoms with E-state index in [2.05, 4.69) is 71.7 Å². The summed E-state index contributed by atoms with van der Waals surface area (Å²) in [5.41, 5.74) is 0.0804. The number of ether oxygens (including phenoxy) is 1. The Balaban J connectivity index is 1.42. The maximum Gasteiger partial charge on any atom is 0.250 e. The van der Waals surface area contributed by atoms with Gasteiger partial charge in [-0.2, -0.15) is 0 Å². The summed E-state index contributed by atoms with van der Waals surface area (Å²) >= 11 is 0. The third kappa shape index (κ3) is 3.26. The molecule has 0 amide bonds. The highest BCUT2D eigenvalue weighted by molar-refractivity contribution is 6.74. The Kier molecular flexibility index (Phi) is 5.47. The normalized spacial score (nSPS) is 39.9. The summed E-state index contributed by atoms with van der Waals surface area (Å²) < 4.78 is 14.2. The van der Waals surface area contributed by atoms with Gasteiger partial charge in [0.25, 0.3) is 8.32 Å². The molecule has 40 heavy (non-hydrogen) atoms. The van der Waals surface area contributed by atoms with Gasteiger partial charge in [0.15, 0.2) is 5.75 Å². The lowest BCUT2D eigenvalue weighted by atomic mass is 9.33. The Morgan fingerprint density at radius 2 is 1.75 bits per heavy atom. The molecule has 5 nitrogen and oxygen atoms in total. The van der Waals surface area contributed by atoms with Crippen LogP contribution in [0.5, 0.6) is 11.5 Å². The van der Waals surface area contributed by atoms with Crippen LogP contribution in [-0.2, 0) is 11.8 Å². The second kappa shape index (κ2) is 7.89. The van der Waals surface area contributed by atoms with Crippen molar-refractivity contribution in [2.75, 3.05) is 13.1 Å². The largest absolute Gasteiger partial charge is 0.541 e. The van der Waals surface area contributed by atoms with Crippen LogP contribution < -0.4 is 9.16 Å². The molecule has 222 valence electrons. The average Bonchev–Trinajstić information content (AvgIpc) is 3.57. The van der Waals surface area contributed by atoms with Gasteiger partial charge in [0, 0.05) is 34.9 Å². The average molecular weight is 568 g/mol. The monoisotopic (exact) mass is 567 g/mol. The molecule has 1 aromatic rings. The molecular weight excluding hydrogens is 514 g/mol. The first kappa shape index (κ1) is 27.7. The number of nitrogens with zero attached hydrogens (tertiary/aromatic N) is 1. The lowest BCUT2D eigenvalue weighted by Gasteiger charge is -2.75. The Morgan fingerprint density at radius 3 is 2.38 bits per heavy atom. The molecule has 4 saturated carbocycles. The van der Waals surface area contributed by atoms with E-state index in [0.29, 0.717) is 12.5 Å². The molecule has 2 N–H and O–H groups in total. The summed E-state index contributed by atoms with van der Waals surface area (Å²) in [5.74, 6) is 2.40. The van der Waals surface area contributed by atoms with Crippen LogP contribution in [-0.4, -0.2) is 59.9 Å². The minimum absolute atomic E-state index is 0.0109. The van der Waals surface area contributed by atoms with Crippen molar-refractivity contribution in [3.05, 3.63) is 23.3 Å². The molecule has 0 aromatic heterocycles. The van der Waals surface area contributed by atoms with Crippen molar-refractivity contribution in [2.45, 2.75) is 140 Å². The fourth-order valence-corrected chi connectivity index (χ4v) is 10.8. The molecule has 2 aliphatic heterocycles. The predicted octanol–water partition coefficient (Wildman–Crippen LogP) is 6.44. The van der Waals surface area contributed by atoms with Gasteiger partial charge in [-0.25, -0.2) is 0 Å². The summed E-state index contributed by atoms with van der Waals surface area (Å²) in [6.45, 7) is 22.1. The quantitative estimate of drug-likeness (QED) is 0.401. The van der Waals surface area contributed by atoms with Crippen LogP contribution in [0.25, 0.3) is 0 Å². The molecule has 1 saturated heterocycles. The molecule has 7 aliphatic rings. The van der Waals surface area contributed by atoms with Crippen LogP contribution in [0.1, 0.15) is 98.1 Å². The number of hydrogen-bond acceptors (Lipinski definition) is 5. The van der Waals surface area contributed by atoms with E-state index in [9.17, 15) is 10.2 Å². The van der Waals surface area contributed by atoms with Gasteiger partial charge in [-0.05, 0) is 99.5 Å². The van der Waals surface area contributed by atoms with Crippen molar-refractivity contribution in [2.24, 2.45) is 22.7 Å². The van der Waals surface area contributed by atoms with E-state index in [1.165, 1.54) is 30.5 Å². The first-order valence-corrected chi connectivity index (χ1v) is 19.0. The van der Waals surface area contributed by atoms with Crippen molar-refractivity contribution in [3.8, 4) is 11.5 Å². The van der Waals surface area contributed by atoms with Crippen molar-refractivity contribution in [3.63, 3.8) is 0 Å². The van der Waals surface area contributed by atoms with Gasteiger partial charge < -0.3 is 19.4 Å². The Labute approximate surface area is 243 Å². The molecule has 0 radical (unpaired) electrons. The van der Waals surface area contributed by atoms with Crippen molar-refractivity contribution >= 4 is 8.32 Å². The molecule has 2 heterocycles. The Hall–Kier alpha value is -1.08. The SMILES string of the molecule is CC(C)(C)[C@@](C)(O)[C@H]1C[C@@]23CC[C@]1(O)[C@@H]1Oc4c(O[Si](C)(C)C(C)(C)C)ccc5c4[C@@]12CCN(CC1CC1)[C@@H]3C5. The highest BCUT2D eigenvalue weighted by Gasteiger charge is 2.82. The molecule has 0 unspecified atom stereocenters. The van der Waals surface area contributed by atoms with Crippen LogP contribution in [0.15, 0.2) is 12.1 Å². The van der Waals surface area contributed by atoms with Gasteiger partial charge >= 0.3 is 0 Å². The number of piperidine rings is 1. The predicted molar refractivity (Wildman–Crippen MR) is 162 cm³/mol. The van der Waals surface area contributed by atoms with E-state index in [1.54, 1.807) is 0 Å². The fraction of sp³-hybridized carbons (Fsp3) is 0.824. The summed E-state index contributed by atoms with van der Waals surface area (Å²) in [7, 11) is -2.11. The van der Waals surface area contributed by atoms with Crippen molar-refractivity contribution < 1.29 is 19.4 Å². The smallest absolute Gasteiger partial charge is 0.250 e. The van der Waals surface area contributed by atoms with E-state index in [-0.39, 0.29) is 33.3 Å². The number of hydrogen-bond donors (Lipinski definition) is 2. The molecule has 8 rings (SSSR count). The number of rotatable bonds is 5. The molecule has 7 atom stereocenters. The van der Waals surface area contributed by atoms with Gasteiger partial charge in [-0.1, -0.05) is 47.6 Å². The summed E-state index contributed by atoms with van der Waals surface area (Å²) in [4.78, 5) is 2.83. The van der Waals surface area contributed by atoms with Crippen LogP contribution >= 0.6 is 0 Å². The summed E-state index contributed by atoms with van der Waals surface area (Å²) in [6, 6.07) is 4.95. The van der Waals surface area contributed by atoms with Crippen molar-refractivity contribution in [1.82, 2.24) is 4.90 Å². The molecule has 1 aromatic carbocycles. The van der Waals surface area contributed by atoms with Crippen LogP contribution in [0.3, 0.4) is 0 Å². The molecule has 5 aliphatic carbocycles. The van der Waals surface area contributed by atoms with Gasteiger partial charge in [0.05, 0.1) is 5.60 Å². The second-order valence-corrected chi connectivity index (χ2v) is 22.2. The Morgan fingerprint density at radius 1 is 1.05 bits per heavy atom. The third-order valence-electron chi connectivity index (χ3n) is 13.7. The topological polar surface area (TPSA) is 62.2 Å². The van der Waals surface area contributed by atoms with Gasteiger partial charge in [0.2, 0.25) is 0 Å². The first-order valence-electron chi connectivity index (χ1n) is 16.1. The first-order chi connectivity index (χ1) is 18.4. The van der Waals surface area contributed by atoms with E-state index in [4.69, 9.17) is 9.16 Å². The zero-order valence-corrected chi connectivity index (χ0v) is 27.5.